The maximum absolute atomic E-state index is 12.3. The van der Waals surface area contributed by atoms with Crippen LogP contribution >= 0.6 is 0 Å². The Labute approximate surface area is 95.1 Å². The Morgan fingerprint density at radius 3 is 3.12 bits per heavy atom. The van der Waals surface area contributed by atoms with E-state index in [1.807, 2.05) is 26.0 Å². The van der Waals surface area contributed by atoms with Gasteiger partial charge in [-0.3, -0.25) is 9.63 Å². The van der Waals surface area contributed by atoms with E-state index in [4.69, 9.17) is 9.57 Å². The van der Waals surface area contributed by atoms with Gasteiger partial charge in [-0.2, -0.15) is 5.06 Å². The van der Waals surface area contributed by atoms with Crippen molar-refractivity contribution in [2.45, 2.75) is 44.4 Å². The quantitative estimate of drug-likeness (QED) is 0.634. The molecule has 0 N–H and O–H groups in total. The lowest BCUT2D eigenvalue weighted by atomic mass is 9.85. The highest BCUT2D eigenvalue weighted by Crippen LogP contribution is 2.49. The smallest absolute Gasteiger partial charge is 0.255 e. The largest absolute Gasteiger partial charge is 0.338 e. The second kappa shape index (κ2) is 3.08. The zero-order valence-corrected chi connectivity index (χ0v) is 9.73. The molecule has 88 valence electrons. The summed E-state index contributed by atoms with van der Waals surface area (Å²) in [5.74, 6) is -0.0570. The Hall–Kier alpha value is -0.870. The van der Waals surface area contributed by atoms with Gasteiger partial charge in [0.05, 0.1) is 18.1 Å². The highest BCUT2D eigenvalue weighted by Gasteiger charge is 2.60. The second-order valence-corrected chi connectivity index (χ2v) is 4.99. The van der Waals surface area contributed by atoms with Gasteiger partial charge in [0.2, 0.25) is 0 Å². The normalized spacial score (nSPS) is 46.0. The molecule has 3 atom stereocenters. The summed E-state index contributed by atoms with van der Waals surface area (Å²) in [6.45, 7) is 4.62. The molecule has 1 spiro atoms. The standard InChI is InChI=1S/C12H17NO3/c1-3-9-10(14)13-12(5-4-8-15-13)7-6-11(9,2)16-12/h6-7,9H,3-5,8H2,1-2H3/t9-,11-,12+/m0/s1. The fourth-order valence-corrected chi connectivity index (χ4v) is 3.08. The van der Waals surface area contributed by atoms with E-state index in [-0.39, 0.29) is 11.8 Å². The van der Waals surface area contributed by atoms with Crippen molar-refractivity contribution >= 4 is 5.91 Å². The molecular formula is C12H17NO3. The van der Waals surface area contributed by atoms with Gasteiger partial charge in [0, 0.05) is 6.42 Å². The zero-order valence-electron chi connectivity index (χ0n) is 9.73. The minimum absolute atomic E-state index is 0.0703. The van der Waals surface area contributed by atoms with E-state index in [1.54, 1.807) is 0 Å². The third kappa shape index (κ3) is 1.09. The van der Waals surface area contributed by atoms with E-state index in [1.165, 1.54) is 5.06 Å². The number of hydrogen-bond acceptors (Lipinski definition) is 3. The summed E-state index contributed by atoms with van der Waals surface area (Å²) in [7, 11) is 0. The second-order valence-electron chi connectivity index (χ2n) is 4.99. The first kappa shape index (κ1) is 10.3. The van der Waals surface area contributed by atoms with E-state index in [2.05, 4.69) is 0 Å². The third-order valence-corrected chi connectivity index (χ3v) is 3.91. The lowest BCUT2D eigenvalue weighted by Gasteiger charge is -2.50. The van der Waals surface area contributed by atoms with Crippen molar-refractivity contribution in [2.75, 3.05) is 6.61 Å². The average molecular weight is 223 g/mol. The summed E-state index contributed by atoms with van der Waals surface area (Å²) in [4.78, 5) is 17.8. The minimum atomic E-state index is -0.615. The number of fused-ring (bicyclic) bond motifs is 1. The first-order chi connectivity index (χ1) is 7.61. The molecule has 2 saturated heterocycles. The van der Waals surface area contributed by atoms with Gasteiger partial charge in [-0.15, -0.1) is 0 Å². The van der Waals surface area contributed by atoms with E-state index >= 15 is 0 Å². The van der Waals surface area contributed by atoms with Gasteiger partial charge < -0.3 is 4.74 Å². The maximum atomic E-state index is 12.3. The van der Waals surface area contributed by atoms with Gasteiger partial charge in [-0.25, -0.2) is 0 Å². The van der Waals surface area contributed by atoms with Crippen LogP contribution in [0.3, 0.4) is 0 Å². The molecule has 0 radical (unpaired) electrons. The van der Waals surface area contributed by atoms with Crippen molar-refractivity contribution in [2.24, 2.45) is 5.92 Å². The zero-order chi connectivity index (χ0) is 11.4. The summed E-state index contributed by atoms with van der Waals surface area (Å²) >= 11 is 0. The number of amides is 1. The van der Waals surface area contributed by atoms with Crippen LogP contribution in [-0.2, 0) is 14.4 Å². The molecule has 3 aliphatic rings. The molecule has 0 saturated carbocycles. The molecule has 0 aromatic carbocycles. The molecule has 0 aliphatic carbocycles. The Morgan fingerprint density at radius 2 is 2.38 bits per heavy atom. The lowest BCUT2D eigenvalue weighted by Crippen LogP contribution is -2.64. The lowest BCUT2D eigenvalue weighted by molar-refractivity contribution is -0.335. The van der Waals surface area contributed by atoms with Gasteiger partial charge in [0.1, 0.15) is 0 Å². The maximum Gasteiger partial charge on any atom is 0.255 e. The summed E-state index contributed by atoms with van der Waals surface area (Å²) in [5, 5.41) is 1.47. The molecule has 4 nitrogen and oxygen atoms in total. The molecular weight excluding hydrogens is 206 g/mol. The summed E-state index contributed by atoms with van der Waals surface area (Å²) in [6.07, 6.45) is 6.57. The van der Waals surface area contributed by atoms with Crippen LogP contribution in [0.4, 0.5) is 0 Å². The van der Waals surface area contributed by atoms with Crippen molar-refractivity contribution in [3.05, 3.63) is 12.2 Å². The highest BCUT2D eigenvalue weighted by molar-refractivity contribution is 5.82. The number of carbonyl (C=O) groups is 1. The predicted octanol–water partition coefficient (Wildman–Crippen LogP) is 1.62. The highest BCUT2D eigenvalue weighted by atomic mass is 16.7. The Bertz CT molecular complexity index is 367. The Balaban J connectivity index is 2.04. The van der Waals surface area contributed by atoms with Crippen LogP contribution in [0.25, 0.3) is 0 Å². The molecule has 0 aromatic heterocycles. The molecule has 2 fully saturated rings. The predicted molar refractivity (Wildman–Crippen MR) is 57.2 cm³/mol. The van der Waals surface area contributed by atoms with Gasteiger partial charge in [0.15, 0.2) is 5.72 Å². The first-order valence-electron chi connectivity index (χ1n) is 5.99. The van der Waals surface area contributed by atoms with E-state index in [0.29, 0.717) is 6.61 Å². The number of carbonyl (C=O) groups excluding carboxylic acids is 1. The number of ether oxygens (including phenoxy) is 1. The third-order valence-electron chi connectivity index (χ3n) is 3.91. The van der Waals surface area contributed by atoms with Crippen molar-refractivity contribution in [1.29, 1.82) is 0 Å². The van der Waals surface area contributed by atoms with Crippen molar-refractivity contribution < 1.29 is 14.4 Å². The fraction of sp³-hybridized carbons (Fsp3) is 0.750. The fourth-order valence-electron chi connectivity index (χ4n) is 3.08. The molecule has 3 heterocycles. The van der Waals surface area contributed by atoms with Crippen LogP contribution in [0.2, 0.25) is 0 Å². The average Bonchev–Trinajstić information content (AvgIpc) is 2.54. The number of nitrogens with zero attached hydrogens (tertiary/aromatic N) is 1. The van der Waals surface area contributed by atoms with Crippen LogP contribution in [0, 0.1) is 5.92 Å². The van der Waals surface area contributed by atoms with Crippen LogP contribution in [0.5, 0.6) is 0 Å². The molecule has 16 heavy (non-hydrogen) atoms. The number of hydrogen-bond donors (Lipinski definition) is 0. The minimum Gasteiger partial charge on any atom is -0.338 e. The Kier molecular flexibility index (Phi) is 1.98. The molecule has 1 amide bonds. The molecule has 3 rings (SSSR count). The Morgan fingerprint density at radius 1 is 1.56 bits per heavy atom. The van der Waals surface area contributed by atoms with Crippen molar-refractivity contribution in [3.8, 4) is 0 Å². The first-order valence-corrected chi connectivity index (χ1v) is 5.99. The summed E-state index contributed by atoms with van der Waals surface area (Å²) in [6, 6.07) is 0. The van der Waals surface area contributed by atoms with Gasteiger partial charge in [-0.05, 0) is 25.8 Å². The molecule has 4 heteroatoms. The van der Waals surface area contributed by atoms with E-state index in [0.717, 1.165) is 19.3 Å². The van der Waals surface area contributed by atoms with Crippen molar-refractivity contribution in [3.63, 3.8) is 0 Å². The molecule has 2 bridgehead atoms. The SMILES string of the molecule is CC[C@H]1C(=O)N2OCCC[C@@]23C=C[C@]1(C)O3. The van der Waals surface area contributed by atoms with E-state index in [9.17, 15) is 4.79 Å². The number of hydroxylamine groups is 2. The summed E-state index contributed by atoms with van der Waals surface area (Å²) in [5.41, 5.74) is -1.06. The molecule has 0 unspecified atom stereocenters. The van der Waals surface area contributed by atoms with Crippen LogP contribution in [0.15, 0.2) is 12.2 Å². The van der Waals surface area contributed by atoms with Crippen LogP contribution in [-0.4, -0.2) is 28.9 Å². The van der Waals surface area contributed by atoms with Crippen LogP contribution in [0.1, 0.15) is 33.1 Å². The van der Waals surface area contributed by atoms with Gasteiger partial charge in [-0.1, -0.05) is 13.0 Å². The summed E-state index contributed by atoms with van der Waals surface area (Å²) < 4.78 is 6.12. The number of rotatable bonds is 1. The van der Waals surface area contributed by atoms with Gasteiger partial charge >= 0.3 is 0 Å². The molecule has 3 aliphatic heterocycles. The van der Waals surface area contributed by atoms with E-state index < -0.39 is 11.3 Å². The van der Waals surface area contributed by atoms with Crippen molar-refractivity contribution in [1.82, 2.24) is 5.06 Å². The topological polar surface area (TPSA) is 38.8 Å². The van der Waals surface area contributed by atoms with Crippen LogP contribution < -0.4 is 0 Å². The van der Waals surface area contributed by atoms with Gasteiger partial charge in [0.25, 0.3) is 5.91 Å². The monoisotopic (exact) mass is 223 g/mol. The molecule has 0 aromatic rings.